The summed E-state index contributed by atoms with van der Waals surface area (Å²) in [4.78, 5) is 0. The first-order valence-corrected chi connectivity index (χ1v) is 6.62. The van der Waals surface area contributed by atoms with Gasteiger partial charge in [0.1, 0.15) is 0 Å². The molecule has 0 aliphatic heterocycles. The average Bonchev–Trinajstić information content (AvgIpc) is 1.97. The van der Waals surface area contributed by atoms with Gasteiger partial charge in [-0.3, -0.25) is 0 Å². The highest BCUT2D eigenvalue weighted by Gasteiger charge is 1.87. The lowest BCUT2D eigenvalue weighted by atomic mass is 10.6. The molecule has 0 saturated carbocycles. The van der Waals surface area contributed by atoms with Crippen molar-refractivity contribution in [3.05, 3.63) is 0 Å². The van der Waals surface area contributed by atoms with Crippen molar-refractivity contribution in [2.45, 2.75) is 13.3 Å². The first kappa shape index (κ1) is 11.1. The van der Waals surface area contributed by atoms with Gasteiger partial charge < -0.3 is 0 Å². The van der Waals surface area contributed by atoms with Crippen molar-refractivity contribution in [1.82, 2.24) is 0 Å². The molecule has 0 fully saturated rings. The van der Waals surface area contributed by atoms with Gasteiger partial charge in [0.25, 0.3) is 0 Å². The maximum absolute atomic E-state index is 4.14. The topological polar surface area (TPSA) is 0 Å². The molecule has 0 aliphatic carbocycles. The Morgan fingerprint density at radius 2 is 1.60 bits per heavy atom. The summed E-state index contributed by atoms with van der Waals surface area (Å²) < 4.78 is 0. The van der Waals surface area contributed by atoms with E-state index >= 15 is 0 Å². The van der Waals surface area contributed by atoms with Crippen LogP contribution in [-0.2, 0) is 0 Å². The van der Waals surface area contributed by atoms with Crippen LogP contribution in [0.5, 0.6) is 0 Å². The fourth-order valence-electron chi connectivity index (χ4n) is 0.531. The molecule has 0 nitrogen and oxygen atoms in total. The summed E-state index contributed by atoms with van der Waals surface area (Å²) in [6.45, 7) is 2.23. The van der Waals surface area contributed by atoms with Crippen LogP contribution in [0.3, 0.4) is 0 Å². The van der Waals surface area contributed by atoms with Crippen molar-refractivity contribution in [1.29, 1.82) is 0 Å². The predicted octanol–water partition coefficient (Wildman–Crippen LogP) is 2.79. The third-order valence-electron chi connectivity index (χ3n) is 0.956. The lowest BCUT2D eigenvalue weighted by Gasteiger charge is -1.97. The van der Waals surface area contributed by atoms with Crippen LogP contribution in [0, 0.1) is 0 Å². The predicted molar refractivity (Wildman–Crippen MR) is 58.8 cm³/mol. The number of hydrogen-bond acceptors (Lipinski definition) is 3. The summed E-state index contributed by atoms with van der Waals surface area (Å²) in [7, 11) is 0. The molecule has 62 valence electrons. The Morgan fingerprint density at radius 3 is 2.10 bits per heavy atom. The van der Waals surface area contributed by atoms with Crippen LogP contribution in [0.1, 0.15) is 13.3 Å². The zero-order chi connectivity index (χ0) is 7.66. The Kier molecular flexibility index (Phi) is 11.1. The minimum Gasteiger partial charge on any atom is -0.179 e. The van der Waals surface area contributed by atoms with E-state index in [1.54, 1.807) is 0 Å². The molecule has 0 unspecified atom stereocenters. The van der Waals surface area contributed by atoms with Crippen LogP contribution in [-0.4, -0.2) is 28.8 Å². The van der Waals surface area contributed by atoms with E-state index in [0.717, 1.165) is 5.75 Å². The zero-order valence-corrected chi connectivity index (χ0v) is 9.03. The number of thioether (sulfide) groups is 2. The second-order valence-corrected chi connectivity index (χ2v) is 4.85. The van der Waals surface area contributed by atoms with Gasteiger partial charge in [0, 0.05) is 17.3 Å². The van der Waals surface area contributed by atoms with E-state index in [-0.39, 0.29) is 0 Å². The van der Waals surface area contributed by atoms with Gasteiger partial charge in [0.2, 0.25) is 0 Å². The quantitative estimate of drug-likeness (QED) is 0.491. The fraction of sp³-hybridized carbons (Fsp3) is 1.00. The molecule has 0 bridgehead atoms. The van der Waals surface area contributed by atoms with Crippen LogP contribution >= 0.6 is 36.2 Å². The van der Waals surface area contributed by atoms with Crippen molar-refractivity contribution >= 4 is 36.2 Å². The van der Waals surface area contributed by atoms with E-state index < -0.39 is 0 Å². The van der Waals surface area contributed by atoms with E-state index in [0.29, 0.717) is 0 Å². The van der Waals surface area contributed by atoms with Crippen molar-refractivity contribution in [2.24, 2.45) is 0 Å². The molecular weight excluding hydrogens is 180 g/mol. The summed E-state index contributed by atoms with van der Waals surface area (Å²) in [5.41, 5.74) is 0. The molecule has 0 saturated heterocycles. The first-order valence-electron chi connectivity index (χ1n) is 3.68. The molecule has 0 spiro atoms. The molecule has 0 aromatic rings. The van der Waals surface area contributed by atoms with Gasteiger partial charge in [0.05, 0.1) is 0 Å². The number of hydrogen-bond donors (Lipinski definition) is 1. The van der Waals surface area contributed by atoms with Crippen LogP contribution in [0.2, 0.25) is 0 Å². The van der Waals surface area contributed by atoms with Crippen molar-refractivity contribution in [3.8, 4) is 0 Å². The molecule has 0 aliphatic rings. The standard InChI is InChI=1S/C7H16S3/c1-2-4-9-6-7-10-5-3-8/h8H,2-7H2,1H3. The molecule has 0 aromatic carbocycles. The lowest BCUT2D eigenvalue weighted by Crippen LogP contribution is -1.88. The second kappa shape index (κ2) is 10.0. The molecule has 0 radical (unpaired) electrons. The minimum absolute atomic E-state index is 1.02. The van der Waals surface area contributed by atoms with Gasteiger partial charge in [-0.2, -0.15) is 36.2 Å². The zero-order valence-electron chi connectivity index (χ0n) is 6.51. The maximum Gasteiger partial charge on any atom is 0.00238 e. The van der Waals surface area contributed by atoms with E-state index in [1.807, 2.05) is 11.8 Å². The van der Waals surface area contributed by atoms with Crippen molar-refractivity contribution in [3.63, 3.8) is 0 Å². The Balaban J connectivity index is 2.65. The Morgan fingerprint density at radius 1 is 1.00 bits per heavy atom. The van der Waals surface area contributed by atoms with Gasteiger partial charge in [-0.15, -0.1) is 0 Å². The van der Waals surface area contributed by atoms with E-state index in [2.05, 4.69) is 31.3 Å². The van der Waals surface area contributed by atoms with Gasteiger partial charge in [-0.1, -0.05) is 6.92 Å². The SMILES string of the molecule is CCCSCCSCCS. The van der Waals surface area contributed by atoms with E-state index in [9.17, 15) is 0 Å². The number of thiol groups is 1. The lowest BCUT2D eigenvalue weighted by molar-refractivity contribution is 1.11. The van der Waals surface area contributed by atoms with Gasteiger partial charge >= 0.3 is 0 Å². The Labute approximate surface area is 78.3 Å². The minimum atomic E-state index is 1.02. The largest absolute Gasteiger partial charge is 0.179 e. The van der Waals surface area contributed by atoms with Crippen LogP contribution in [0.15, 0.2) is 0 Å². The molecule has 0 atom stereocenters. The molecule has 0 rings (SSSR count). The van der Waals surface area contributed by atoms with Crippen molar-refractivity contribution in [2.75, 3.05) is 28.8 Å². The summed E-state index contributed by atoms with van der Waals surface area (Å²) in [5.74, 6) is 6.15. The van der Waals surface area contributed by atoms with Gasteiger partial charge in [0.15, 0.2) is 0 Å². The Hall–Kier alpha value is 1.05. The summed E-state index contributed by atoms with van der Waals surface area (Å²) in [6, 6.07) is 0. The first-order chi connectivity index (χ1) is 4.91. The van der Waals surface area contributed by atoms with Crippen LogP contribution < -0.4 is 0 Å². The van der Waals surface area contributed by atoms with Crippen molar-refractivity contribution < 1.29 is 0 Å². The number of rotatable bonds is 7. The molecule has 0 amide bonds. The summed E-state index contributed by atoms with van der Waals surface area (Å²) in [5, 5.41) is 0. The highest BCUT2D eigenvalue weighted by atomic mass is 32.2. The molecule has 0 aromatic heterocycles. The molecule has 3 heteroatoms. The van der Waals surface area contributed by atoms with Crippen LogP contribution in [0.25, 0.3) is 0 Å². The monoisotopic (exact) mass is 196 g/mol. The molecule has 0 N–H and O–H groups in total. The smallest absolute Gasteiger partial charge is 0.00238 e. The highest BCUT2D eigenvalue weighted by molar-refractivity contribution is 8.03. The van der Waals surface area contributed by atoms with Gasteiger partial charge in [-0.25, -0.2) is 0 Å². The third-order valence-corrected chi connectivity index (χ3v) is 3.92. The summed E-state index contributed by atoms with van der Waals surface area (Å²) >= 11 is 8.20. The highest BCUT2D eigenvalue weighted by Crippen LogP contribution is 2.07. The van der Waals surface area contributed by atoms with E-state index in [4.69, 9.17) is 0 Å². The third kappa shape index (κ3) is 9.05. The Bertz CT molecular complexity index is 48.8. The average molecular weight is 196 g/mol. The molecule has 0 heterocycles. The fourth-order valence-corrected chi connectivity index (χ4v) is 2.69. The molecule has 10 heavy (non-hydrogen) atoms. The summed E-state index contributed by atoms with van der Waals surface area (Å²) in [6.07, 6.45) is 1.31. The second-order valence-electron chi connectivity index (χ2n) is 1.95. The van der Waals surface area contributed by atoms with Crippen LogP contribution in [0.4, 0.5) is 0 Å². The molecular formula is C7H16S3. The maximum atomic E-state index is 4.14. The van der Waals surface area contributed by atoms with Gasteiger partial charge in [-0.05, 0) is 17.9 Å². The van der Waals surface area contributed by atoms with E-state index in [1.165, 1.54) is 29.4 Å². The normalized spacial score (nSPS) is 10.2.